The topological polar surface area (TPSA) is 87.7 Å². The molecule has 0 spiro atoms. The van der Waals surface area contributed by atoms with E-state index in [9.17, 15) is 4.79 Å². The molecule has 1 saturated heterocycles. The molecule has 1 fully saturated rings. The van der Waals surface area contributed by atoms with E-state index in [0.29, 0.717) is 6.54 Å². The van der Waals surface area contributed by atoms with Gasteiger partial charge in [0.15, 0.2) is 5.96 Å². The molecule has 52 valence electrons. The maximum absolute atomic E-state index is 10.4. The summed E-state index contributed by atoms with van der Waals surface area (Å²) in [6, 6.07) is 0. The van der Waals surface area contributed by atoms with Crippen molar-refractivity contribution >= 4 is 11.9 Å². The zero-order valence-electron chi connectivity index (χ0n) is 5.06. The van der Waals surface area contributed by atoms with Gasteiger partial charge in [0.25, 0.3) is 0 Å². The van der Waals surface area contributed by atoms with Crippen LogP contribution in [0.1, 0.15) is 0 Å². The summed E-state index contributed by atoms with van der Waals surface area (Å²) in [7, 11) is 1.69. The molecule has 1 aliphatic rings. The molecule has 0 aromatic carbocycles. The van der Waals surface area contributed by atoms with Gasteiger partial charge in [-0.1, -0.05) is 0 Å². The summed E-state index contributed by atoms with van der Waals surface area (Å²) in [5, 5.41) is 9.32. The standard InChI is InChI=1S/C4H7N3O.H2O/c1-7-2-3(8)6-4(7)5;/h2H2,1H3,(H2,5,6,8);1H2. The molecular formula is C4H9N3O2. The zero-order chi connectivity index (χ0) is 6.15. The second kappa shape index (κ2) is 2.45. The van der Waals surface area contributed by atoms with Gasteiger partial charge in [-0.05, 0) is 0 Å². The first kappa shape index (κ1) is 7.90. The Balaban J connectivity index is 0.000000640. The fourth-order valence-electron chi connectivity index (χ4n) is 0.561. The lowest BCUT2D eigenvalue weighted by molar-refractivity contribution is -0.118. The third-order valence-electron chi connectivity index (χ3n) is 1.02. The van der Waals surface area contributed by atoms with Crippen molar-refractivity contribution in [2.75, 3.05) is 13.6 Å². The highest BCUT2D eigenvalue weighted by Crippen LogP contribution is 1.89. The zero-order valence-corrected chi connectivity index (χ0v) is 5.06. The molecular weight excluding hydrogens is 122 g/mol. The molecule has 0 saturated carbocycles. The second-order valence-corrected chi connectivity index (χ2v) is 1.75. The highest BCUT2D eigenvalue weighted by molar-refractivity contribution is 6.02. The van der Waals surface area contributed by atoms with Crippen molar-refractivity contribution < 1.29 is 10.3 Å². The van der Waals surface area contributed by atoms with Crippen LogP contribution in [0.5, 0.6) is 0 Å². The van der Waals surface area contributed by atoms with E-state index in [0.717, 1.165) is 0 Å². The van der Waals surface area contributed by atoms with Gasteiger partial charge in [0.1, 0.15) is 0 Å². The average molecular weight is 131 g/mol. The van der Waals surface area contributed by atoms with E-state index in [1.165, 1.54) is 0 Å². The number of nitrogens with zero attached hydrogens (tertiary/aromatic N) is 1. The van der Waals surface area contributed by atoms with Crippen molar-refractivity contribution in [3.05, 3.63) is 0 Å². The van der Waals surface area contributed by atoms with Gasteiger partial charge >= 0.3 is 0 Å². The van der Waals surface area contributed by atoms with Gasteiger partial charge in [-0.15, -0.1) is 0 Å². The lowest BCUT2D eigenvalue weighted by Gasteiger charge is -2.03. The first-order valence-corrected chi connectivity index (χ1v) is 2.29. The average Bonchev–Trinajstić information content (AvgIpc) is 1.85. The van der Waals surface area contributed by atoms with Crippen molar-refractivity contribution in [1.29, 1.82) is 5.41 Å². The highest BCUT2D eigenvalue weighted by atomic mass is 16.2. The number of carbonyl (C=O) groups excluding carboxylic acids is 1. The molecule has 1 aliphatic heterocycles. The van der Waals surface area contributed by atoms with Crippen LogP contribution in [0.3, 0.4) is 0 Å². The lowest BCUT2D eigenvalue weighted by Crippen LogP contribution is -2.25. The SMILES string of the molecule is CN1CC(=O)NC1=N.O. The summed E-state index contributed by atoms with van der Waals surface area (Å²) < 4.78 is 0. The van der Waals surface area contributed by atoms with E-state index in [1.54, 1.807) is 11.9 Å². The fraction of sp³-hybridized carbons (Fsp3) is 0.500. The monoisotopic (exact) mass is 131 g/mol. The molecule has 1 heterocycles. The minimum Gasteiger partial charge on any atom is -0.412 e. The number of carbonyl (C=O) groups is 1. The largest absolute Gasteiger partial charge is 0.412 e. The maximum Gasteiger partial charge on any atom is 0.246 e. The molecule has 5 nitrogen and oxygen atoms in total. The number of hydrogen-bond donors (Lipinski definition) is 2. The van der Waals surface area contributed by atoms with Gasteiger partial charge in [-0.25, -0.2) is 0 Å². The van der Waals surface area contributed by atoms with E-state index in [-0.39, 0.29) is 17.3 Å². The van der Waals surface area contributed by atoms with Gasteiger partial charge in [0.2, 0.25) is 5.91 Å². The van der Waals surface area contributed by atoms with Crippen molar-refractivity contribution in [1.82, 2.24) is 10.2 Å². The van der Waals surface area contributed by atoms with E-state index in [2.05, 4.69) is 5.32 Å². The lowest BCUT2D eigenvalue weighted by atomic mass is 10.6. The Morgan fingerprint density at radius 3 is 2.44 bits per heavy atom. The summed E-state index contributed by atoms with van der Waals surface area (Å²) >= 11 is 0. The molecule has 0 aromatic rings. The van der Waals surface area contributed by atoms with Crippen molar-refractivity contribution in [3.8, 4) is 0 Å². The van der Waals surface area contributed by atoms with Crippen LogP contribution in [0, 0.1) is 5.41 Å². The van der Waals surface area contributed by atoms with E-state index in [4.69, 9.17) is 5.41 Å². The van der Waals surface area contributed by atoms with Gasteiger partial charge in [-0.3, -0.25) is 15.5 Å². The van der Waals surface area contributed by atoms with E-state index >= 15 is 0 Å². The summed E-state index contributed by atoms with van der Waals surface area (Å²) in [4.78, 5) is 11.9. The molecule has 1 rings (SSSR count). The first-order chi connectivity index (χ1) is 3.70. The first-order valence-electron chi connectivity index (χ1n) is 2.29. The Morgan fingerprint density at radius 1 is 1.78 bits per heavy atom. The molecule has 4 N–H and O–H groups in total. The van der Waals surface area contributed by atoms with Crippen LogP contribution < -0.4 is 5.32 Å². The highest BCUT2D eigenvalue weighted by Gasteiger charge is 2.18. The smallest absolute Gasteiger partial charge is 0.246 e. The summed E-state index contributed by atoms with van der Waals surface area (Å²) in [5.41, 5.74) is 0. The van der Waals surface area contributed by atoms with Crippen LogP contribution in [0.2, 0.25) is 0 Å². The Hall–Kier alpha value is -1.10. The van der Waals surface area contributed by atoms with Crippen LogP contribution in [0.15, 0.2) is 0 Å². The van der Waals surface area contributed by atoms with Crippen molar-refractivity contribution in [2.45, 2.75) is 0 Å². The van der Waals surface area contributed by atoms with Crippen LogP contribution >= 0.6 is 0 Å². The van der Waals surface area contributed by atoms with Gasteiger partial charge < -0.3 is 10.4 Å². The van der Waals surface area contributed by atoms with Crippen molar-refractivity contribution in [3.63, 3.8) is 0 Å². The van der Waals surface area contributed by atoms with Gasteiger partial charge in [-0.2, -0.15) is 0 Å². The van der Waals surface area contributed by atoms with E-state index < -0.39 is 0 Å². The number of nitrogens with one attached hydrogen (secondary N) is 2. The number of rotatable bonds is 0. The molecule has 9 heavy (non-hydrogen) atoms. The van der Waals surface area contributed by atoms with Crippen LogP contribution in [0.4, 0.5) is 0 Å². The Morgan fingerprint density at radius 2 is 2.33 bits per heavy atom. The van der Waals surface area contributed by atoms with Gasteiger partial charge in [0, 0.05) is 7.05 Å². The molecule has 0 atom stereocenters. The van der Waals surface area contributed by atoms with Crippen LogP contribution in [0.25, 0.3) is 0 Å². The van der Waals surface area contributed by atoms with E-state index in [1.807, 2.05) is 0 Å². The normalized spacial score (nSPS) is 17.2. The minimum atomic E-state index is -0.0995. The quantitative estimate of drug-likeness (QED) is 0.404. The maximum atomic E-state index is 10.4. The minimum absolute atomic E-state index is 0. The number of likely N-dealkylation sites (N-methyl/N-ethyl adjacent to an activating group) is 1. The predicted octanol–water partition coefficient (Wildman–Crippen LogP) is -1.84. The van der Waals surface area contributed by atoms with Crippen LogP contribution in [-0.4, -0.2) is 35.8 Å². The third-order valence-corrected chi connectivity index (χ3v) is 1.02. The number of amides is 1. The Labute approximate surface area is 52.5 Å². The summed E-state index contributed by atoms with van der Waals surface area (Å²) in [6.45, 7) is 0.318. The molecule has 0 aliphatic carbocycles. The number of guanidine groups is 1. The molecule has 5 heteroatoms. The fourth-order valence-corrected chi connectivity index (χ4v) is 0.561. The Kier molecular flexibility index (Phi) is 2.15. The summed E-state index contributed by atoms with van der Waals surface area (Å²) in [5.74, 6) is 0.0903. The molecule has 0 radical (unpaired) electrons. The molecule has 0 unspecified atom stereocenters. The number of hydrogen-bond acceptors (Lipinski definition) is 2. The molecule has 0 bridgehead atoms. The third kappa shape index (κ3) is 1.39. The van der Waals surface area contributed by atoms with Gasteiger partial charge in [0.05, 0.1) is 6.54 Å². The second-order valence-electron chi connectivity index (χ2n) is 1.75. The van der Waals surface area contributed by atoms with Crippen molar-refractivity contribution in [2.24, 2.45) is 0 Å². The predicted molar refractivity (Wildman–Crippen MR) is 32.1 cm³/mol. The Bertz CT molecular complexity index is 145. The summed E-state index contributed by atoms with van der Waals surface area (Å²) in [6.07, 6.45) is 0. The molecule has 1 amide bonds. The van der Waals surface area contributed by atoms with Crippen LogP contribution in [-0.2, 0) is 4.79 Å². The molecule has 0 aromatic heterocycles.